The van der Waals surface area contributed by atoms with E-state index in [1.807, 2.05) is 55.7 Å². The largest absolute Gasteiger partial charge is 0.363 e. The smallest absolute Gasteiger partial charge is 0.191 e. The molecular weight excluding hydrogens is 427 g/mol. The number of halogens is 1. The van der Waals surface area contributed by atoms with Gasteiger partial charge in [-0.25, -0.2) is 9.98 Å². The summed E-state index contributed by atoms with van der Waals surface area (Å²) in [5, 5.41) is 6.62. The van der Waals surface area contributed by atoms with Crippen molar-refractivity contribution in [3.8, 4) is 0 Å². The Balaban J connectivity index is 0.00000312. The Morgan fingerprint density at radius 1 is 1.12 bits per heavy atom. The highest BCUT2D eigenvalue weighted by Gasteiger charge is 2.01. The summed E-state index contributed by atoms with van der Waals surface area (Å²) in [6, 6.07) is 10.0. The third-order valence-corrected chi connectivity index (χ3v) is 3.43. The predicted molar refractivity (Wildman–Crippen MR) is 115 cm³/mol. The third kappa shape index (κ3) is 7.68. The van der Waals surface area contributed by atoms with Crippen LogP contribution in [0.5, 0.6) is 0 Å². The Morgan fingerprint density at radius 3 is 2.64 bits per heavy atom. The van der Waals surface area contributed by atoms with Crippen molar-refractivity contribution >= 4 is 35.8 Å². The first-order valence-corrected chi connectivity index (χ1v) is 8.23. The van der Waals surface area contributed by atoms with Gasteiger partial charge in [-0.15, -0.1) is 24.0 Å². The second kappa shape index (κ2) is 11.6. The van der Waals surface area contributed by atoms with Crippen molar-refractivity contribution in [2.75, 3.05) is 32.1 Å². The van der Waals surface area contributed by atoms with Gasteiger partial charge < -0.3 is 15.5 Å². The average Bonchev–Trinajstić information content (AvgIpc) is 2.61. The lowest BCUT2D eigenvalue weighted by molar-refractivity contribution is 0.788. The van der Waals surface area contributed by atoms with Crippen molar-refractivity contribution in [1.29, 1.82) is 0 Å². The molecule has 0 saturated heterocycles. The fourth-order valence-electron chi connectivity index (χ4n) is 2.17. The highest BCUT2D eigenvalue weighted by Crippen LogP contribution is 2.10. The Bertz CT molecular complexity index is 645. The van der Waals surface area contributed by atoms with E-state index in [4.69, 9.17) is 0 Å². The van der Waals surface area contributed by atoms with Crippen molar-refractivity contribution < 1.29 is 0 Å². The summed E-state index contributed by atoms with van der Waals surface area (Å²) in [6.45, 7) is 4.30. The molecule has 136 valence electrons. The molecule has 2 heterocycles. The van der Waals surface area contributed by atoms with E-state index in [1.165, 1.54) is 0 Å². The van der Waals surface area contributed by atoms with Crippen LogP contribution in [0.15, 0.2) is 47.7 Å². The summed E-state index contributed by atoms with van der Waals surface area (Å²) in [4.78, 5) is 15.3. The van der Waals surface area contributed by atoms with Gasteiger partial charge in [0.1, 0.15) is 5.82 Å². The number of pyridine rings is 2. The minimum Gasteiger partial charge on any atom is -0.363 e. The molecule has 2 aromatic rings. The molecular formula is C18H27IN6. The van der Waals surface area contributed by atoms with E-state index in [0.29, 0.717) is 6.54 Å². The summed E-state index contributed by atoms with van der Waals surface area (Å²) in [7, 11) is 3.97. The first-order chi connectivity index (χ1) is 11.7. The molecule has 0 aliphatic carbocycles. The summed E-state index contributed by atoms with van der Waals surface area (Å²) in [6.07, 6.45) is 4.51. The number of guanidine groups is 1. The van der Waals surface area contributed by atoms with Crippen LogP contribution in [-0.2, 0) is 13.0 Å². The van der Waals surface area contributed by atoms with Gasteiger partial charge in [-0.3, -0.25) is 4.98 Å². The summed E-state index contributed by atoms with van der Waals surface area (Å²) < 4.78 is 0. The molecule has 0 unspecified atom stereocenters. The maximum Gasteiger partial charge on any atom is 0.191 e. The molecule has 7 heteroatoms. The zero-order chi connectivity index (χ0) is 17.2. The van der Waals surface area contributed by atoms with Gasteiger partial charge in [0.2, 0.25) is 0 Å². The van der Waals surface area contributed by atoms with Crippen LogP contribution in [0.3, 0.4) is 0 Å². The number of anilines is 1. The molecule has 0 aliphatic heterocycles. The quantitative estimate of drug-likeness (QED) is 0.383. The molecule has 2 aromatic heterocycles. The van der Waals surface area contributed by atoms with Crippen LogP contribution in [0.1, 0.15) is 18.2 Å². The average molecular weight is 454 g/mol. The number of hydrogen-bond donors (Lipinski definition) is 2. The molecule has 0 aromatic carbocycles. The number of aliphatic imine (C=N–C) groups is 1. The summed E-state index contributed by atoms with van der Waals surface area (Å²) in [5.41, 5.74) is 2.21. The Hall–Kier alpha value is -1.90. The molecule has 0 bridgehead atoms. The van der Waals surface area contributed by atoms with Gasteiger partial charge in [0, 0.05) is 51.7 Å². The molecule has 0 amide bonds. The maximum absolute atomic E-state index is 4.64. The Labute approximate surface area is 167 Å². The highest BCUT2D eigenvalue weighted by atomic mass is 127. The van der Waals surface area contributed by atoms with Gasteiger partial charge >= 0.3 is 0 Å². The topological polar surface area (TPSA) is 65.4 Å². The molecule has 0 fully saturated rings. The van der Waals surface area contributed by atoms with E-state index in [1.54, 1.807) is 0 Å². The van der Waals surface area contributed by atoms with Crippen LogP contribution < -0.4 is 15.5 Å². The van der Waals surface area contributed by atoms with Crippen molar-refractivity contribution in [2.24, 2.45) is 4.99 Å². The van der Waals surface area contributed by atoms with Gasteiger partial charge in [-0.2, -0.15) is 0 Å². The summed E-state index contributed by atoms with van der Waals surface area (Å²) >= 11 is 0. The van der Waals surface area contributed by atoms with E-state index in [0.717, 1.165) is 42.5 Å². The Kier molecular flexibility index (Phi) is 9.83. The van der Waals surface area contributed by atoms with Crippen LogP contribution in [-0.4, -0.2) is 43.1 Å². The highest BCUT2D eigenvalue weighted by molar-refractivity contribution is 14.0. The standard InChI is InChI=1S/C18H26N6.HI/c1-4-19-18(22-12-9-16-7-5-6-10-20-16)23-14-15-8-11-21-17(13-15)24(2)3;/h5-8,10-11,13H,4,9,12,14H2,1-3H3,(H2,19,22,23);1H. The van der Waals surface area contributed by atoms with Gasteiger partial charge in [-0.05, 0) is 36.8 Å². The fourth-order valence-corrected chi connectivity index (χ4v) is 2.17. The minimum atomic E-state index is 0. The fraction of sp³-hybridized carbons (Fsp3) is 0.389. The monoisotopic (exact) mass is 454 g/mol. The van der Waals surface area contributed by atoms with Crippen LogP contribution in [0, 0.1) is 0 Å². The predicted octanol–water partition coefficient (Wildman–Crippen LogP) is 2.46. The van der Waals surface area contributed by atoms with Crippen LogP contribution in [0.4, 0.5) is 5.82 Å². The number of hydrogen-bond acceptors (Lipinski definition) is 4. The maximum atomic E-state index is 4.64. The number of aromatic nitrogens is 2. The molecule has 0 spiro atoms. The zero-order valence-corrected chi connectivity index (χ0v) is 17.4. The molecule has 0 radical (unpaired) electrons. The lowest BCUT2D eigenvalue weighted by Crippen LogP contribution is -2.38. The lowest BCUT2D eigenvalue weighted by atomic mass is 10.2. The van der Waals surface area contributed by atoms with Crippen LogP contribution >= 0.6 is 24.0 Å². The molecule has 0 saturated carbocycles. The number of nitrogens with one attached hydrogen (secondary N) is 2. The van der Waals surface area contributed by atoms with E-state index in [-0.39, 0.29) is 24.0 Å². The van der Waals surface area contributed by atoms with Gasteiger partial charge in [0.05, 0.1) is 6.54 Å². The van der Waals surface area contributed by atoms with Crippen molar-refractivity contribution in [3.63, 3.8) is 0 Å². The SMILES string of the molecule is CCNC(=NCc1ccnc(N(C)C)c1)NCCc1ccccn1.I. The van der Waals surface area contributed by atoms with Gasteiger partial charge in [-0.1, -0.05) is 6.07 Å². The Morgan fingerprint density at radius 2 is 1.96 bits per heavy atom. The third-order valence-electron chi connectivity index (χ3n) is 3.43. The van der Waals surface area contributed by atoms with Gasteiger partial charge in [0.25, 0.3) is 0 Å². The van der Waals surface area contributed by atoms with E-state index < -0.39 is 0 Å². The molecule has 2 rings (SSSR count). The first-order valence-electron chi connectivity index (χ1n) is 8.23. The van der Waals surface area contributed by atoms with Gasteiger partial charge in [0.15, 0.2) is 5.96 Å². The first kappa shape index (κ1) is 21.1. The second-order valence-corrected chi connectivity index (χ2v) is 5.61. The van der Waals surface area contributed by atoms with E-state index >= 15 is 0 Å². The number of rotatable bonds is 7. The van der Waals surface area contributed by atoms with E-state index in [9.17, 15) is 0 Å². The number of nitrogens with zero attached hydrogens (tertiary/aromatic N) is 4. The summed E-state index contributed by atoms with van der Waals surface area (Å²) in [5.74, 6) is 1.76. The van der Waals surface area contributed by atoms with Crippen molar-refractivity contribution in [3.05, 3.63) is 54.0 Å². The van der Waals surface area contributed by atoms with Crippen LogP contribution in [0.2, 0.25) is 0 Å². The van der Waals surface area contributed by atoms with Crippen molar-refractivity contribution in [2.45, 2.75) is 19.9 Å². The molecule has 25 heavy (non-hydrogen) atoms. The molecule has 0 aliphatic rings. The normalized spacial score (nSPS) is 10.8. The van der Waals surface area contributed by atoms with E-state index in [2.05, 4.69) is 38.6 Å². The minimum absolute atomic E-state index is 0. The molecule has 6 nitrogen and oxygen atoms in total. The van der Waals surface area contributed by atoms with Crippen molar-refractivity contribution in [1.82, 2.24) is 20.6 Å². The lowest BCUT2D eigenvalue weighted by Gasteiger charge is -2.13. The molecule has 2 N–H and O–H groups in total. The molecule has 0 atom stereocenters. The van der Waals surface area contributed by atoms with Crippen LogP contribution in [0.25, 0.3) is 0 Å². The zero-order valence-electron chi connectivity index (χ0n) is 15.1. The second-order valence-electron chi connectivity index (χ2n) is 5.61.